The SMILES string of the molecule is COc1ccc(-c2nnc(CNc3cc(C)on3)o2)cc1. The molecule has 1 aromatic carbocycles. The van der Waals surface area contributed by atoms with Crippen molar-refractivity contribution >= 4 is 5.82 Å². The van der Waals surface area contributed by atoms with E-state index in [0.717, 1.165) is 17.1 Å². The van der Waals surface area contributed by atoms with Crippen LogP contribution >= 0.6 is 0 Å². The first-order valence-electron chi connectivity index (χ1n) is 6.38. The minimum absolute atomic E-state index is 0.384. The minimum Gasteiger partial charge on any atom is -0.497 e. The summed E-state index contributed by atoms with van der Waals surface area (Å²) >= 11 is 0. The van der Waals surface area contributed by atoms with Crippen molar-refractivity contribution in [2.75, 3.05) is 12.4 Å². The second kappa shape index (κ2) is 5.66. The van der Waals surface area contributed by atoms with Gasteiger partial charge in [0.15, 0.2) is 5.82 Å². The predicted molar refractivity (Wildman–Crippen MR) is 74.9 cm³/mol. The van der Waals surface area contributed by atoms with E-state index in [1.54, 1.807) is 13.2 Å². The van der Waals surface area contributed by atoms with Crippen molar-refractivity contribution in [2.24, 2.45) is 0 Å². The number of rotatable bonds is 5. The number of aryl methyl sites for hydroxylation is 1. The van der Waals surface area contributed by atoms with E-state index in [-0.39, 0.29) is 0 Å². The van der Waals surface area contributed by atoms with Crippen molar-refractivity contribution in [3.8, 4) is 17.2 Å². The molecule has 0 saturated carbocycles. The Kier molecular flexibility index (Phi) is 3.55. The zero-order valence-corrected chi connectivity index (χ0v) is 11.7. The summed E-state index contributed by atoms with van der Waals surface area (Å²) < 4.78 is 15.7. The molecule has 0 fully saturated rings. The average Bonchev–Trinajstić information content (AvgIpc) is 3.14. The molecule has 21 heavy (non-hydrogen) atoms. The number of ether oxygens (including phenoxy) is 1. The number of nitrogens with one attached hydrogen (secondary N) is 1. The lowest BCUT2D eigenvalue weighted by atomic mass is 10.2. The number of benzene rings is 1. The molecule has 7 heteroatoms. The smallest absolute Gasteiger partial charge is 0.247 e. The van der Waals surface area contributed by atoms with Gasteiger partial charge in [-0.05, 0) is 31.2 Å². The van der Waals surface area contributed by atoms with E-state index in [2.05, 4.69) is 20.7 Å². The Morgan fingerprint density at radius 2 is 2.00 bits per heavy atom. The van der Waals surface area contributed by atoms with Gasteiger partial charge in [0.2, 0.25) is 11.8 Å². The van der Waals surface area contributed by atoms with Crippen LogP contribution in [-0.2, 0) is 6.54 Å². The molecule has 0 saturated heterocycles. The van der Waals surface area contributed by atoms with Gasteiger partial charge in [-0.25, -0.2) is 0 Å². The Labute approximate surface area is 120 Å². The highest BCUT2D eigenvalue weighted by atomic mass is 16.5. The van der Waals surface area contributed by atoms with Gasteiger partial charge >= 0.3 is 0 Å². The summed E-state index contributed by atoms with van der Waals surface area (Å²) in [5.74, 6) is 3.09. The Morgan fingerprint density at radius 1 is 1.19 bits per heavy atom. The van der Waals surface area contributed by atoms with Crippen LogP contribution < -0.4 is 10.1 Å². The lowest BCUT2D eigenvalue weighted by molar-refractivity contribution is 0.399. The standard InChI is InChI=1S/C14H14N4O3/c1-9-7-12(18-21-9)15-8-13-16-17-14(20-13)10-3-5-11(19-2)6-4-10/h3-7H,8H2,1-2H3,(H,15,18). The van der Waals surface area contributed by atoms with Crippen molar-refractivity contribution in [1.82, 2.24) is 15.4 Å². The summed E-state index contributed by atoms with van der Waals surface area (Å²) in [5.41, 5.74) is 0.840. The highest BCUT2D eigenvalue weighted by Crippen LogP contribution is 2.21. The van der Waals surface area contributed by atoms with Crippen LogP contribution in [0.3, 0.4) is 0 Å². The summed E-state index contributed by atoms with van der Waals surface area (Å²) in [6, 6.07) is 9.21. The summed E-state index contributed by atoms with van der Waals surface area (Å²) in [6.07, 6.45) is 0. The first-order valence-corrected chi connectivity index (χ1v) is 6.38. The molecule has 0 atom stereocenters. The molecular weight excluding hydrogens is 272 g/mol. The fourth-order valence-corrected chi connectivity index (χ4v) is 1.79. The summed E-state index contributed by atoms with van der Waals surface area (Å²) in [5, 5.41) is 14.9. The van der Waals surface area contributed by atoms with Crippen molar-refractivity contribution in [3.63, 3.8) is 0 Å². The Morgan fingerprint density at radius 3 is 2.67 bits per heavy atom. The maximum atomic E-state index is 5.59. The Bertz CT molecular complexity index is 718. The van der Waals surface area contributed by atoms with E-state index in [1.807, 2.05) is 31.2 Å². The number of anilines is 1. The molecule has 3 aromatic rings. The zero-order chi connectivity index (χ0) is 14.7. The van der Waals surface area contributed by atoms with E-state index < -0.39 is 0 Å². The average molecular weight is 286 g/mol. The van der Waals surface area contributed by atoms with E-state index in [9.17, 15) is 0 Å². The number of hydrogen-bond donors (Lipinski definition) is 1. The third-order valence-electron chi connectivity index (χ3n) is 2.85. The quantitative estimate of drug-likeness (QED) is 0.771. The molecule has 0 aliphatic heterocycles. The van der Waals surface area contributed by atoms with Crippen molar-refractivity contribution in [2.45, 2.75) is 13.5 Å². The van der Waals surface area contributed by atoms with Crippen LogP contribution in [0.25, 0.3) is 11.5 Å². The monoisotopic (exact) mass is 286 g/mol. The van der Waals surface area contributed by atoms with Crippen LogP contribution in [0.1, 0.15) is 11.7 Å². The van der Waals surface area contributed by atoms with Crippen LogP contribution in [-0.4, -0.2) is 22.5 Å². The number of aromatic nitrogens is 3. The molecule has 3 rings (SSSR count). The highest BCUT2D eigenvalue weighted by Gasteiger charge is 2.09. The molecule has 0 unspecified atom stereocenters. The maximum Gasteiger partial charge on any atom is 0.247 e. The molecule has 0 amide bonds. The molecule has 2 heterocycles. The van der Waals surface area contributed by atoms with Gasteiger partial charge in [-0.1, -0.05) is 5.16 Å². The van der Waals surface area contributed by atoms with Gasteiger partial charge in [0.1, 0.15) is 11.5 Å². The van der Waals surface area contributed by atoms with Crippen molar-refractivity contribution in [3.05, 3.63) is 42.0 Å². The van der Waals surface area contributed by atoms with Crippen molar-refractivity contribution < 1.29 is 13.7 Å². The molecule has 0 aliphatic rings. The van der Waals surface area contributed by atoms with E-state index >= 15 is 0 Å². The van der Waals surface area contributed by atoms with Crippen LogP contribution in [0.2, 0.25) is 0 Å². The highest BCUT2D eigenvalue weighted by molar-refractivity contribution is 5.54. The first kappa shape index (κ1) is 13.2. The van der Waals surface area contributed by atoms with E-state index in [0.29, 0.717) is 24.1 Å². The zero-order valence-electron chi connectivity index (χ0n) is 11.7. The molecule has 0 bridgehead atoms. The Balaban J connectivity index is 1.67. The third kappa shape index (κ3) is 3.02. The van der Waals surface area contributed by atoms with Gasteiger partial charge in [-0.15, -0.1) is 10.2 Å². The van der Waals surface area contributed by atoms with Gasteiger partial charge in [0.25, 0.3) is 0 Å². The molecule has 108 valence electrons. The van der Waals surface area contributed by atoms with Gasteiger partial charge in [-0.2, -0.15) is 0 Å². The summed E-state index contributed by atoms with van der Waals surface area (Å²) in [7, 11) is 1.62. The number of hydrogen-bond acceptors (Lipinski definition) is 7. The largest absolute Gasteiger partial charge is 0.497 e. The normalized spacial score (nSPS) is 10.6. The van der Waals surface area contributed by atoms with Gasteiger partial charge in [0.05, 0.1) is 13.7 Å². The fraction of sp³-hybridized carbons (Fsp3) is 0.214. The topological polar surface area (TPSA) is 86.2 Å². The van der Waals surface area contributed by atoms with Gasteiger partial charge in [-0.3, -0.25) is 0 Å². The fourth-order valence-electron chi connectivity index (χ4n) is 1.79. The molecule has 7 nitrogen and oxygen atoms in total. The molecule has 0 radical (unpaired) electrons. The summed E-state index contributed by atoms with van der Waals surface area (Å²) in [6.45, 7) is 2.21. The maximum absolute atomic E-state index is 5.59. The molecular formula is C14H14N4O3. The second-order valence-electron chi connectivity index (χ2n) is 4.41. The van der Waals surface area contributed by atoms with Crippen molar-refractivity contribution in [1.29, 1.82) is 0 Å². The summed E-state index contributed by atoms with van der Waals surface area (Å²) in [4.78, 5) is 0. The van der Waals surface area contributed by atoms with Crippen LogP contribution in [0.5, 0.6) is 5.75 Å². The van der Waals surface area contributed by atoms with Gasteiger partial charge < -0.3 is 19.0 Å². The molecule has 0 aliphatic carbocycles. The number of nitrogens with zero attached hydrogens (tertiary/aromatic N) is 3. The van der Waals surface area contributed by atoms with E-state index in [1.165, 1.54) is 0 Å². The minimum atomic E-state index is 0.384. The van der Waals surface area contributed by atoms with E-state index in [4.69, 9.17) is 13.7 Å². The Hall–Kier alpha value is -2.83. The molecule has 2 aromatic heterocycles. The van der Waals surface area contributed by atoms with Crippen LogP contribution in [0, 0.1) is 6.92 Å². The lowest BCUT2D eigenvalue weighted by Crippen LogP contribution is -1.99. The molecule has 1 N–H and O–H groups in total. The van der Waals surface area contributed by atoms with Crippen LogP contribution in [0.4, 0.5) is 5.82 Å². The number of methoxy groups -OCH3 is 1. The van der Waals surface area contributed by atoms with Gasteiger partial charge in [0, 0.05) is 11.6 Å². The van der Waals surface area contributed by atoms with Crippen LogP contribution in [0.15, 0.2) is 39.3 Å². The lowest BCUT2D eigenvalue weighted by Gasteiger charge is -1.99. The second-order valence-corrected chi connectivity index (χ2v) is 4.41. The third-order valence-corrected chi connectivity index (χ3v) is 2.85. The first-order chi connectivity index (χ1) is 10.2. The molecule has 0 spiro atoms. The predicted octanol–water partition coefficient (Wildman–Crippen LogP) is 2.65.